The summed E-state index contributed by atoms with van der Waals surface area (Å²) in [6.07, 6.45) is 0.918. The van der Waals surface area contributed by atoms with Crippen molar-refractivity contribution in [2.45, 2.75) is 31.3 Å². The highest BCUT2D eigenvalue weighted by Crippen LogP contribution is 2.32. The molecule has 1 fully saturated rings. The van der Waals surface area contributed by atoms with E-state index in [0.717, 1.165) is 12.1 Å². The lowest BCUT2D eigenvalue weighted by Crippen LogP contribution is -2.52. The van der Waals surface area contributed by atoms with Crippen molar-refractivity contribution >= 4 is 44.4 Å². The highest BCUT2D eigenvalue weighted by molar-refractivity contribution is 7.92. The SMILES string of the molecule is COc1ncc(-c2ccc3c(c2)cc(C(=O)N2CCN(C(=O)OC(C)(C)C)CC2)c(N)[n+]3[O-])cc1NS(=O)(=O)c1ccc(F)cc1F. The van der Waals surface area contributed by atoms with Gasteiger partial charge in [0.2, 0.25) is 5.88 Å². The minimum atomic E-state index is -4.52. The lowest BCUT2D eigenvalue weighted by molar-refractivity contribution is -0.561. The van der Waals surface area contributed by atoms with Gasteiger partial charge in [-0.25, -0.2) is 31.7 Å². The third-order valence-corrected chi connectivity index (χ3v) is 8.69. The zero-order valence-electron chi connectivity index (χ0n) is 25.9. The first kappa shape index (κ1) is 33.1. The van der Waals surface area contributed by atoms with Crippen molar-refractivity contribution in [1.29, 1.82) is 0 Å². The van der Waals surface area contributed by atoms with Crippen LogP contribution in [0.1, 0.15) is 31.1 Å². The van der Waals surface area contributed by atoms with Gasteiger partial charge in [-0.3, -0.25) is 15.3 Å². The summed E-state index contributed by atoms with van der Waals surface area (Å²) in [5, 5.41) is 13.5. The van der Waals surface area contributed by atoms with Gasteiger partial charge in [0, 0.05) is 49.4 Å². The molecule has 13 nitrogen and oxygen atoms in total. The molecule has 3 heterocycles. The van der Waals surface area contributed by atoms with Crippen LogP contribution in [0.15, 0.2) is 59.6 Å². The number of carbonyl (C=O) groups is 2. The van der Waals surface area contributed by atoms with Crippen LogP contribution in [-0.2, 0) is 14.8 Å². The Hall–Kier alpha value is -5.25. The summed E-state index contributed by atoms with van der Waals surface area (Å²) in [7, 11) is -3.26. The first-order valence-electron chi connectivity index (χ1n) is 14.3. The average molecular weight is 671 g/mol. The number of nitrogens with one attached hydrogen (secondary N) is 1. The van der Waals surface area contributed by atoms with Gasteiger partial charge < -0.3 is 24.5 Å². The van der Waals surface area contributed by atoms with E-state index in [1.807, 2.05) is 0 Å². The van der Waals surface area contributed by atoms with Gasteiger partial charge in [0.05, 0.1) is 7.11 Å². The molecule has 0 saturated carbocycles. The van der Waals surface area contributed by atoms with Crippen molar-refractivity contribution in [3.05, 3.63) is 77.1 Å². The molecule has 0 aliphatic carbocycles. The zero-order valence-corrected chi connectivity index (χ0v) is 26.7. The number of pyridine rings is 2. The Morgan fingerprint density at radius 2 is 1.68 bits per heavy atom. The fourth-order valence-corrected chi connectivity index (χ4v) is 6.11. The fourth-order valence-electron chi connectivity index (χ4n) is 5.00. The molecule has 0 spiro atoms. The van der Waals surface area contributed by atoms with Gasteiger partial charge in [0.15, 0.2) is 0 Å². The van der Waals surface area contributed by atoms with Crippen molar-refractivity contribution < 1.29 is 41.0 Å². The molecular weight excluding hydrogens is 638 g/mol. The Morgan fingerprint density at radius 3 is 2.32 bits per heavy atom. The monoisotopic (exact) mass is 670 g/mol. The summed E-state index contributed by atoms with van der Waals surface area (Å²) < 4.78 is 66.9. The van der Waals surface area contributed by atoms with Gasteiger partial charge in [-0.1, -0.05) is 6.07 Å². The summed E-state index contributed by atoms with van der Waals surface area (Å²) in [6.45, 7) is 6.17. The Morgan fingerprint density at radius 1 is 1.00 bits per heavy atom. The number of sulfonamides is 1. The predicted molar refractivity (Wildman–Crippen MR) is 168 cm³/mol. The summed E-state index contributed by atoms with van der Waals surface area (Å²) in [5.41, 5.74) is 6.32. The highest BCUT2D eigenvalue weighted by atomic mass is 32.2. The standard InChI is InChI=1S/C31H32F2N6O7S/c1-31(2,3)46-30(41)38-11-9-37(10-12-38)29(40)22-14-19-13-18(5-7-25(19)39(42)27(22)34)20-15-24(28(45-4)35-17-20)36-47(43,44)26-8-6-21(32)16-23(26)33/h5-8,13-17,36H,9-12,34H2,1-4H3. The Balaban J connectivity index is 1.43. The van der Waals surface area contributed by atoms with Crippen LogP contribution in [0, 0.1) is 16.8 Å². The van der Waals surface area contributed by atoms with E-state index in [4.69, 9.17) is 15.2 Å². The second kappa shape index (κ2) is 12.5. The van der Waals surface area contributed by atoms with Crippen LogP contribution in [0.2, 0.25) is 0 Å². The minimum absolute atomic E-state index is 0.0296. The first-order valence-corrected chi connectivity index (χ1v) is 15.8. The van der Waals surface area contributed by atoms with Crippen LogP contribution in [0.5, 0.6) is 5.88 Å². The number of nitrogens with zero attached hydrogens (tertiary/aromatic N) is 4. The second-order valence-electron chi connectivity index (χ2n) is 11.7. The van der Waals surface area contributed by atoms with Gasteiger partial charge in [-0.15, -0.1) is 0 Å². The summed E-state index contributed by atoms with van der Waals surface area (Å²) in [4.78, 5) is 32.3. The van der Waals surface area contributed by atoms with E-state index in [9.17, 15) is 32.0 Å². The molecule has 2 aromatic heterocycles. The number of aromatic nitrogens is 2. The molecule has 0 radical (unpaired) electrons. The molecular formula is C31H32F2N6O7S. The Bertz CT molecular complexity index is 1990. The maximum absolute atomic E-state index is 14.3. The van der Waals surface area contributed by atoms with Crippen LogP contribution >= 0.6 is 0 Å². The molecule has 47 heavy (non-hydrogen) atoms. The molecule has 5 rings (SSSR count). The number of halogens is 2. The predicted octanol–water partition coefficient (Wildman–Crippen LogP) is 3.90. The number of hydrogen-bond acceptors (Lipinski definition) is 9. The summed E-state index contributed by atoms with van der Waals surface area (Å²) in [6, 6.07) is 9.61. The summed E-state index contributed by atoms with van der Waals surface area (Å²) >= 11 is 0. The normalized spacial score (nSPS) is 13.8. The van der Waals surface area contributed by atoms with Crippen LogP contribution in [0.25, 0.3) is 22.0 Å². The van der Waals surface area contributed by atoms with Gasteiger partial charge in [0.1, 0.15) is 38.9 Å². The molecule has 248 valence electrons. The molecule has 16 heteroatoms. The molecule has 0 bridgehead atoms. The number of nitrogens with two attached hydrogens (primary N) is 1. The number of benzene rings is 2. The number of nitrogen functional groups attached to an aromatic ring is 1. The number of rotatable bonds is 6. The topological polar surface area (TPSA) is 171 Å². The lowest BCUT2D eigenvalue weighted by Gasteiger charge is -2.35. The third kappa shape index (κ3) is 6.96. The van der Waals surface area contributed by atoms with Crippen molar-refractivity contribution in [1.82, 2.24) is 14.8 Å². The van der Waals surface area contributed by atoms with Gasteiger partial charge in [-0.05, 0) is 62.7 Å². The number of carbonyl (C=O) groups excluding carboxylic acids is 2. The van der Waals surface area contributed by atoms with E-state index in [0.29, 0.717) is 27.3 Å². The molecule has 1 saturated heterocycles. The fraction of sp³-hybridized carbons (Fsp3) is 0.290. The van der Waals surface area contributed by atoms with E-state index >= 15 is 0 Å². The quantitative estimate of drug-likeness (QED) is 0.228. The smallest absolute Gasteiger partial charge is 0.410 e. The molecule has 2 amide bonds. The molecule has 2 aromatic carbocycles. The van der Waals surface area contributed by atoms with E-state index < -0.39 is 44.2 Å². The van der Waals surface area contributed by atoms with Crippen molar-refractivity contribution in [2.75, 3.05) is 43.7 Å². The van der Waals surface area contributed by atoms with E-state index in [2.05, 4.69) is 9.71 Å². The average Bonchev–Trinajstić information content (AvgIpc) is 3.01. The maximum Gasteiger partial charge on any atom is 0.410 e. The van der Waals surface area contributed by atoms with Crippen molar-refractivity contribution in [3.8, 4) is 17.0 Å². The second-order valence-corrected chi connectivity index (χ2v) is 13.4. The molecule has 1 aliphatic heterocycles. The number of amides is 2. The molecule has 0 atom stereocenters. The van der Waals surface area contributed by atoms with Crippen LogP contribution in [-0.4, -0.2) is 74.1 Å². The number of hydrogen-bond donors (Lipinski definition) is 2. The number of anilines is 2. The minimum Gasteiger partial charge on any atom is -0.710 e. The van der Waals surface area contributed by atoms with E-state index in [1.54, 1.807) is 32.9 Å². The Labute approximate surface area is 269 Å². The summed E-state index contributed by atoms with van der Waals surface area (Å²) in [5.74, 6) is -3.12. The molecule has 3 N–H and O–H groups in total. The van der Waals surface area contributed by atoms with Gasteiger partial charge >= 0.3 is 6.09 Å². The van der Waals surface area contributed by atoms with E-state index in [-0.39, 0.29) is 54.6 Å². The van der Waals surface area contributed by atoms with Gasteiger partial charge in [-0.2, -0.15) is 0 Å². The van der Waals surface area contributed by atoms with Crippen LogP contribution in [0.4, 0.5) is 25.1 Å². The first-order chi connectivity index (χ1) is 22.1. The number of methoxy groups -OCH3 is 1. The van der Waals surface area contributed by atoms with Gasteiger partial charge in [0.25, 0.3) is 21.7 Å². The number of ether oxygens (including phenoxy) is 2. The third-order valence-electron chi connectivity index (χ3n) is 7.30. The van der Waals surface area contributed by atoms with Crippen molar-refractivity contribution in [3.63, 3.8) is 0 Å². The van der Waals surface area contributed by atoms with E-state index in [1.165, 1.54) is 41.3 Å². The van der Waals surface area contributed by atoms with Crippen LogP contribution < -0.4 is 19.9 Å². The molecule has 0 unspecified atom stereocenters. The maximum atomic E-state index is 14.3. The number of piperazine rings is 1. The van der Waals surface area contributed by atoms with Crippen molar-refractivity contribution in [2.24, 2.45) is 0 Å². The lowest BCUT2D eigenvalue weighted by atomic mass is 10.0. The highest BCUT2D eigenvalue weighted by Gasteiger charge is 2.30. The molecule has 4 aromatic rings. The Kier molecular flexibility index (Phi) is 8.81. The van der Waals surface area contributed by atoms with Crippen LogP contribution in [0.3, 0.4) is 0 Å². The zero-order chi connectivity index (χ0) is 34.3. The number of fused-ring (bicyclic) bond motifs is 1. The molecule has 1 aliphatic rings. The largest absolute Gasteiger partial charge is 0.710 e.